The number of anilines is 4. The third-order valence-corrected chi connectivity index (χ3v) is 10.7. The summed E-state index contributed by atoms with van der Waals surface area (Å²) in [6, 6.07) is 18.1. The van der Waals surface area contributed by atoms with Crippen LogP contribution in [0.3, 0.4) is 0 Å². The predicted molar refractivity (Wildman–Crippen MR) is 212 cm³/mol. The zero-order valence-corrected chi connectivity index (χ0v) is 32.5. The highest BCUT2D eigenvalue weighted by molar-refractivity contribution is 6.13. The average molecular weight is 717 g/mol. The number of aryl methyl sites for hydroxylation is 6. The molecule has 0 N–H and O–H groups in total. The van der Waals surface area contributed by atoms with E-state index in [4.69, 9.17) is 0 Å². The standard InChI is InChI=1S/2C22H22N4O/c1-13-6-9-20(25-14(13)2)26-19-10-16(17-11-23-15(3)24-12-17)7-8-18(19)22(4,5)21(26)27;1-13-8-20(25-10-14(13)2)26-19-9-16(17-11-23-15(3)24-12-17)6-7-18(19)22(4,5)21(26)27/h2*6-12H,1-5H3. The lowest BCUT2D eigenvalue weighted by Gasteiger charge is -2.20. The minimum absolute atomic E-state index is 0.0329. The summed E-state index contributed by atoms with van der Waals surface area (Å²) in [7, 11) is 0. The predicted octanol–water partition coefficient (Wildman–Crippen LogP) is 8.84. The van der Waals surface area contributed by atoms with Crippen LogP contribution in [-0.4, -0.2) is 41.7 Å². The Morgan fingerprint density at radius 3 is 1.37 bits per heavy atom. The van der Waals surface area contributed by atoms with Gasteiger partial charge in [0.05, 0.1) is 22.2 Å². The molecule has 0 saturated carbocycles. The molecule has 0 unspecified atom stereocenters. The summed E-state index contributed by atoms with van der Waals surface area (Å²) in [6.07, 6.45) is 9.06. The molecule has 272 valence electrons. The molecule has 6 heterocycles. The van der Waals surface area contributed by atoms with E-state index >= 15 is 0 Å². The largest absolute Gasteiger partial charge is 0.273 e. The number of benzene rings is 2. The fraction of sp³-hybridized carbons (Fsp3) is 0.273. The Morgan fingerprint density at radius 1 is 0.463 bits per heavy atom. The highest BCUT2D eigenvalue weighted by Crippen LogP contribution is 2.48. The monoisotopic (exact) mass is 716 g/mol. The first-order chi connectivity index (χ1) is 25.6. The molecule has 0 spiro atoms. The smallest absolute Gasteiger partial charge is 0.242 e. The van der Waals surface area contributed by atoms with Crippen LogP contribution >= 0.6 is 0 Å². The average Bonchev–Trinajstić information content (AvgIpc) is 3.47. The summed E-state index contributed by atoms with van der Waals surface area (Å²) in [5.41, 5.74) is 10.6. The Balaban J connectivity index is 0.000000167. The number of carbonyl (C=O) groups is 2. The second-order valence-corrected chi connectivity index (χ2v) is 15.2. The number of hydrogen-bond acceptors (Lipinski definition) is 8. The number of fused-ring (bicyclic) bond motifs is 2. The fourth-order valence-electron chi connectivity index (χ4n) is 6.87. The van der Waals surface area contributed by atoms with E-state index in [0.29, 0.717) is 11.6 Å². The van der Waals surface area contributed by atoms with Crippen molar-refractivity contribution >= 4 is 34.8 Å². The summed E-state index contributed by atoms with van der Waals surface area (Å²) in [5, 5.41) is 0. The molecule has 0 aliphatic carbocycles. The van der Waals surface area contributed by atoms with E-state index in [1.807, 2.05) is 155 Å². The highest BCUT2D eigenvalue weighted by atomic mass is 16.2. The third-order valence-electron chi connectivity index (χ3n) is 10.7. The Morgan fingerprint density at radius 2 is 0.926 bits per heavy atom. The van der Waals surface area contributed by atoms with Crippen LogP contribution in [0, 0.1) is 41.5 Å². The first-order valence-electron chi connectivity index (χ1n) is 18.0. The van der Waals surface area contributed by atoms with Crippen molar-refractivity contribution in [3.8, 4) is 22.3 Å². The lowest BCUT2D eigenvalue weighted by Crippen LogP contribution is -2.33. The molecule has 2 aliphatic heterocycles. The second-order valence-electron chi connectivity index (χ2n) is 15.2. The van der Waals surface area contributed by atoms with Crippen LogP contribution in [0.25, 0.3) is 22.3 Å². The number of pyridine rings is 2. The van der Waals surface area contributed by atoms with E-state index in [9.17, 15) is 9.59 Å². The normalized spacial score (nSPS) is 15.1. The molecule has 10 nitrogen and oxygen atoms in total. The van der Waals surface area contributed by atoms with Gasteiger partial charge in [0, 0.05) is 47.8 Å². The number of hydrogen-bond donors (Lipinski definition) is 0. The molecule has 54 heavy (non-hydrogen) atoms. The molecule has 0 atom stereocenters. The topological polar surface area (TPSA) is 118 Å². The van der Waals surface area contributed by atoms with E-state index in [-0.39, 0.29) is 11.8 Å². The van der Waals surface area contributed by atoms with E-state index < -0.39 is 10.8 Å². The van der Waals surface area contributed by atoms with Gasteiger partial charge in [-0.15, -0.1) is 0 Å². The van der Waals surface area contributed by atoms with Gasteiger partial charge in [0.15, 0.2) is 0 Å². The molecule has 0 bridgehead atoms. The zero-order chi connectivity index (χ0) is 38.7. The van der Waals surface area contributed by atoms with E-state index in [1.54, 1.807) is 9.80 Å². The van der Waals surface area contributed by atoms with Crippen LogP contribution in [-0.2, 0) is 20.4 Å². The van der Waals surface area contributed by atoms with Crippen LogP contribution in [0.5, 0.6) is 0 Å². The molecular formula is C44H44N8O2. The molecule has 0 fully saturated rings. The van der Waals surface area contributed by atoms with Crippen molar-refractivity contribution in [2.75, 3.05) is 9.80 Å². The van der Waals surface area contributed by atoms with Gasteiger partial charge in [-0.3, -0.25) is 19.4 Å². The molecule has 2 aliphatic rings. The lowest BCUT2D eigenvalue weighted by molar-refractivity contribution is -0.122. The molecule has 0 radical (unpaired) electrons. The molecule has 2 amide bonds. The SMILES string of the molecule is Cc1ncc(-c2ccc3c(c2)N(c2cc(C)c(C)cn2)C(=O)C3(C)C)cn1.Cc1ncc(-c2ccc3c(c2)N(c2ccc(C)c(C)n2)C(=O)C3(C)C)cn1. The molecule has 0 saturated heterocycles. The minimum Gasteiger partial charge on any atom is -0.273 e. The minimum atomic E-state index is -0.599. The van der Waals surface area contributed by atoms with Gasteiger partial charge in [-0.1, -0.05) is 30.3 Å². The summed E-state index contributed by atoms with van der Waals surface area (Å²) < 4.78 is 0. The van der Waals surface area contributed by atoms with Crippen molar-refractivity contribution in [1.29, 1.82) is 0 Å². The summed E-state index contributed by atoms with van der Waals surface area (Å²) in [5.74, 6) is 2.85. The maximum absolute atomic E-state index is 13.2. The van der Waals surface area contributed by atoms with Gasteiger partial charge in [-0.25, -0.2) is 29.9 Å². The Hall–Kier alpha value is -6.16. The van der Waals surface area contributed by atoms with Crippen molar-refractivity contribution in [3.05, 3.63) is 131 Å². The van der Waals surface area contributed by atoms with Gasteiger partial charge < -0.3 is 0 Å². The van der Waals surface area contributed by atoms with Gasteiger partial charge in [0.25, 0.3) is 0 Å². The molecule has 6 aromatic rings. The van der Waals surface area contributed by atoms with Crippen molar-refractivity contribution in [2.45, 2.75) is 80.1 Å². The molecule has 10 heteroatoms. The van der Waals surface area contributed by atoms with Crippen molar-refractivity contribution in [2.24, 2.45) is 0 Å². The quantitative estimate of drug-likeness (QED) is 0.178. The van der Waals surface area contributed by atoms with E-state index in [2.05, 4.69) is 29.9 Å². The molecule has 8 rings (SSSR count). The van der Waals surface area contributed by atoms with Crippen molar-refractivity contribution in [1.82, 2.24) is 29.9 Å². The summed E-state index contributed by atoms with van der Waals surface area (Å²) in [4.78, 5) is 56.3. The Labute approximate surface area is 316 Å². The number of aromatic nitrogens is 6. The van der Waals surface area contributed by atoms with E-state index in [1.165, 1.54) is 0 Å². The summed E-state index contributed by atoms with van der Waals surface area (Å²) in [6.45, 7) is 19.6. The maximum Gasteiger partial charge on any atom is 0.242 e. The second kappa shape index (κ2) is 13.4. The maximum atomic E-state index is 13.2. The molecule has 2 aromatic carbocycles. The number of nitrogens with zero attached hydrogens (tertiary/aromatic N) is 8. The molecular weight excluding hydrogens is 673 g/mol. The zero-order valence-electron chi connectivity index (χ0n) is 32.5. The third kappa shape index (κ3) is 6.21. The number of carbonyl (C=O) groups excluding carboxylic acids is 2. The summed E-state index contributed by atoms with van der Waals surface area (Å²) >= 11 is 0. The van der Waals surface area contributed by atoms with Crippen LogP contribution in [0.2, 0.25) is 0 Å². The van der Waals surface area contributed by atoms with Gasteiger partial charge in [0.2, 0.25) is 11.8 Å². The van der Waals surface area contributed by atoms with Crippen molar-refractivity contribution < 1.29 is 9.59 Å². The van der Waals surface area contributed by atoms with Gasteiger partial charge in [0.1, 0.15) is 23.3 Å². The molecule has 4 aromatic heterocycles. The van der Waals surface area contributed by atoms with Crippen LogP contribution in [0.15, 0.2) is 85.6 Å². The first-order valence-corrected chi connectivity index (χ1v) is 18.0. The van der Waals surface area contributed by atoms with Crippen LogP contribution in [0.1, 0.15) is 72.9 Å². The van der Waals surface area contributed by atoms with Crippen LogP contribution < -0.4 is 9.80 Å². The number of rotatable bonds is 4. The van der Waals surface area contributed by atoms with Crippen molar-refractivity contribution in [3.63, 3.8) is 0 Å². The van der Waals surface area contributed by atoms with Gasteiger partial charge in [-0.05, 0) is 132 Å². The van der Waals surface area contributed by atoms with Gasteiger partial charge in [-0.2, -0.15) is 0 Å². The van der Waals surface area contributed by atoms with Gasteiger partial charge >= 0.3 is 0 Å². The lowest BCUT2D eigenvalue weighted by atomic mass is 9.85. The van der Waals surface area contributed by atoms with Crippen LogP contribution in [0.4, 0.5) is 23.0 Å². The fourth-order valence-corrected chi connectivity index (χ4v) is 6.87. The highest BCUT2D eigenvalue weighted by Gasteiger charge is 2.46. The Kier molecular flexibility index (Phi) is 8.96. The first kappa shape index (κ1) is 36.2. The van der Waals surface area contributed by atoms with E-state index in [0.717, 1.165) is 78.8 Å². The number of amides is 2. The Bertz CT molecular complexity index is 2280.